The fourth-order valence-electron chi connectivity index (χ4n) is 5.88. The average molecular weight is 599 g/mol. The van der Waals surface area contributed by atoms with Crippen LogP contribution in [0.1, 0.15) is 68.6 Å². The van der Waals surface area contributed by atoms with E-state index in [-0.39, 0.29) is 35.0 Å². The van der Waals surface area contributed by atoms with Crippen LogP contribution in [0.5, 0.6) is 0 Å². The number of hydrogen-bond acceptors (Lipinski definition) is 7. The summed E-state index contributed by atoms with van der Waals surface area (Å²) in [5.74, 6) is -0.335. The summed E-state index contributed by atoms with van der Waals surface area (Å²) in [6.45, 7) is 8.12. The Hall–Kier alpha value is -2.95. The van der Waals surface area contributed by atoms with Gasteiger partial charge in [0.2, 0.25) is 5.91 Å². The van der Waals surface area contributed by atoms with Crippen LogP contribution in [0.15, 0.2) is 59.5 Å². The zero-order chi connectivity index (χ0) is 30.0. The molecule has 0 aliphatic carbocycles. The molecule has 4 rings (SSSR count). The quantitative estimate of drug-likeness (QED) is 0.357. The van der Waals surface area contributed by atoms with Crippen molar-refractivity contribution >= 4 is 21.8 Å². The molecule has 2 N–H and O–H groups in total. The van der Waals surface area contributed by atoms with Crippen molar-refractivity contribution in [3.63, 3.8) is 0 Å². The number of carbonyl (C=O) groups excluding carboxylic acids is 2. The lowest BCUT2D eigenvalue weighted by Gasteiger charge is -2.33. The van der Waals surface area contributed by atoms with Gasteiger partial charge in [-0.3, -0.25) is 4.79 Å². The van der Waals surface area contributed by atoms with Gasteiger partial charge < -0.3 is 25.2 Å². The third-order valence-corrected chi connectivity index (χ3v) is 9.52. The van der Waals surface area contributed by atoms with Crippen molar-refractivity contribution < 1.29 is 22.7 Å². The maximum Gasteiger partial charge on any atom is 0.407 e. The van der Waals surface area contributed by atoms with Crippen LogP contribution in [0.4, 0.5) is 4.79 Å². The second-order valence-corrected chi connectivity index (χ2v) is 13.5. The van der Waals surface area contributed by atoms with E-state index in [0.29, 0.717) is 19.4 Å². The Morgan fingerprint density at radius 3 is 2.17 bits per heavy atom. The second kappa shape index (κ2) is 15.5. The molecule has 0 saturated carbocycles. The van der Waals surface area contributed by atoms with Crippen LogP contribution in [-0.4, -0.2) is 88.3 Å². The second-order valence-electron chi connectivity index (χ2n) is 11.5. The number of ether oxygens (including phenoxy) is 1. The summed E-state index contributed by atoms with van der Waals surface area (Å²) >= 11 is 0. The molecule has 0 bridgehead atoms. The van der Waals surface area contributed by atoms with Gasteiger partial charge in [0.05, 0.1) is 10.8 Å². The molecule has 9 nitrogen and oxygen atoms in total. The number of rotatable bonds is 13. The number of hydrogen-bond donors (Lipinski definition) is 2. The molecule has 2 aliphatic heterocycles. The minimum atomic E-state index is -3.27. The van der Waals surface area contributed by atoms with Crippen molar-refractivity contribution in [2.24, 2.45) is 0 Å². The summed E-state index contributed by atoms with van der Waals surface area (Å²) in [6, 6.07) is 16.6. The molecular formula is C32H46N4O5S. The molecule has 2 heterocycles. The maximum atomic E-state index is 13.1. The van der Waals surface area contributed by atoms with Crippen LogP contribution in [-0.2, 0) is 19.4 Å². The highest BCUT2D eigenvalue weighted by Crippen LogP contribution is 2.25. The van der Waals surface area contributed by atoms with Crippen LogP contribution >= 0.6 is 0 Å². The topological polar surface area (TPSA) is 108 Å². The SMILES string of the molecule is CCC(C(=O)NC1CCN(CCC(OC(=O)NCCN2CCCC2)c2ccccc2)CC1)c1ccc(S(C)(=O)=O)cc1. The molecule has 2 amide bonds. The number of benzene rings is 2. The monoisotopic (exact) mass is 598 g/mol. The Morgan fingerprint density at radius 2 is 1.55 bits per heavy atom. The van der Waals surface area contributed by atoms with Crippen LogP contribution in [0.25, 0.3) is 0 Å². The van der Waals surface area contributed by atoms with Crippen molar-refractivity contribution in [3.05, 3.63) is 65.7 Å². The highest BCUT2D eigenvalue weighted by molar-refractivity contribution is 7.90. The molecule has 2 aromatic rings. The molecule has 2 fully saturated rings. The Kier molecular flexibility index (Phi) is 11.8. The van der Waals surface area contributed by atoms with Gasteiger partial charge in [-0.2, -0.15) is 0 Å². The van der Waals surface area contributed by atoms with Crippen molar-refractivity contribution in [1.82, 2.24) is 20.4 Å². The van der Waals surface area contributed by atoms with E-state index >= 15 is 0 Å². The molecule has 0 aromatic heterocycles. The minimum Gasteiger partial charge on any atom is -0.441 e. The van der Waals surface area contributed by atoms with Gasteiger partial charge in [-0.05, 0) is 68.5 Å². The highest BCUT2D eigenvalue weighted by Gasteiger charge is 2.26. The number of amides is 2. The number of nitrogens with zero attached hydrogens (tertiary/aromatic N) is 2. The van der Waals surface area contributed by atoms with Crippen LogP contribution in [0.3, 0.4) is 0 Å². The van der Waals surface area contributed by atoms with Gasteiger partial charge in [0, 0.05) is 51.4 Å². The molecular weight excluding hydrogens is 552 g/mol. The molecule has 0 radical (unpaired) electrons. The predicted molar refractivity (Wildman–Crippen MR) is 164 cm³/mol. The Bertz CT molecular complexity index is 1240. The Balaban J connectivity index is 1.23. The first-order valence-electron chi connectivity index (χ1n) is 15.3. The first-order chi connectivity index (χ1) is 20.2. The predicted octanol–water partition coefficient (Wildman–Crippen LogP) is 4.12. The fourth-order valence-corrected chi connectivity index (χ4v) is 6.51. The number of nitrogens with one attached hydrogen (secondary N) is 2. The van der Waals surface area contributed by atoms with E-state index in [9.17, 15) is 18.0 Å². The largest absolute Gasteiger partial charge is 0.441 e. The zero-order valence-electron chi connectivity index (χ0n) is 25.0. The first kappa shape index (κ1) is 32.0. The van der Waals surface area contributed by atoms with Gasteiger partial charge in [-0.25, -0.2) is 13.2 Å². The summed E-state index contributed by atoms with van der Waals surface area (Å²) in [7, 11) is -3.27. The maximum absolute atomic E-state index is 13.1. The zero-order valence-corrected chi connectivity index (χ0v) is 25.8. The molecule has 230 valence electrons. The van der Waals surface area contributed by atoms with Crippen molar-refractivity contribution in [3.8, 4) is 0 Å². The van der Waals surface area contributed by atoms with E-state index in [4.69, 9.17) is 4.74 Å². The third-order valence-electron chi connectivity index (χ3n) is 8.39. The summed E-state index contributed by atoms with van der Waals surface area (Å²) in [5, 5.41) is 6.15. The molecule has 2 saturated heterocycles. The van der Waals surface area contributed by atoms with Gasteiger partial charge in [0.25, 0.3) is 0 Å². The van der Waals surface area contributed by atoms with E-state index in [1.54, 1.807) is 24.3 Å². The summed E-state index contributed by atoms with van der Waals surface area (Å²) < 4.78 is 29.4. The number of carbonyl (C=O) groups is 2. The number of alkyl carbamates (subject to hydrolysis) is 1. The number of likely N-dealkylation sites (tertiary alicyclic amines) is 2. The molecule has 2 unspecified atom stereocenters. The molecule has 10 heteroatoms. The van der Waals surface area contributed by atoms with Crippen LogP contribution < -0.4 is 10.6 Å². The van der Waals surface area contributed by atoms with Crippen molar-refractivity contribution in [1.29, 1.82) is 0 Å². The Labute approximate surface area is 250 Å². The van der Waals surface area contributed by atoms with Gasteiger partial charge in [-0.1, -0.05) is 49.4 Å². The lowest BCUT2D eigenvalue weighted by atomic mass is 9.94. The first-order valence-corrected chi connectivity index (χ1v) is 17.2. The number of piperidine rings is 1. The van der Waals surface area contributed by atoms with Gasteiger partial charge in [-0.15, -0.1) is 0 Å². The van der Waals surface area contributed by atoms with Crippen molar-refractivity contribution in [2.45, 2.75) is 68.4 Å². The standard InChI is InChI=1S/C32H46N4O5S/c1-3-29(25-11-13-28(14-12-25)42(2,39)40)31(37)34-27-15-21-36(22-16-27)23-17-30(26-9-5-4-6-10-26)41-32(38)33-18-24-35-19-7-8-20-35/h4-6,9-14,27,29-30H,3,7-8,15-24H2,1-2H3,(H,33,38)(H,34,37). The van der Waals surface area contributed by atoms with E-state index in [1.165, 1.54) is 19.1 Å². The van der Waals surface area contributed by atoms with Crippen LogP contribution in [0, 0.1) is 0 Å². The van der Waals surface area contributed by atoms with E-state index in [0.717, 1.165) is 63.2 Å². The lowest BCUT2D eigenvalue weighted by Crippen LogP contribution is -2.46. The van der Waals surface area contributed by atoms with Gasteiger partial charge in [0.1, 0.15) is 6.10 Å². The van der Waals surface area contributed by atoms with Gasteiger partial charge in [0.15, 0.2) is 9.84 Å². The molecule has 2 aliphatic rings. The van der Waals surface area contributed by atoms with E-state index in [1.807, 2.05) is 37.3 Å². The molecule has 2 aromatic carbocycles. The Morgan fingerprint density at radius 1 is 0.905 bits per heavy atom. The lowest BCUT2D eigenvalue weighted by molar-refractivity contribution is -0.123. The third kappa shape index (κ3) is 9.54. The van der Waals surface area contributed by atoms with E-state index < -0.39 is 9.84 Å². The average Bonchev–Trinajstić information content (AvgIpc) is 3.50. The molecule has 42 heavy (non-hydrogen) atoms. The molecule has 2 atom stereocenters. The smallest absolute Gasteiger partial charge is 0.407 e. The summed E-state index contributed by atoms with van der Waals surface area (Å²) in [4.78, 5) is 30.7. The van der Waals surface area contributed by atoms with Crippen LogP contribution in [0.2, 0.25) is 0 Å². The normalized spacial score (nSPS) is 18.3. The van der Waals surface area contributed by atoms with Gasteiger partial charge >= 0.3 is 6.09 Å². The van der Waals surface area contributed by atoms with E-state index in [2.05, 4.69) is 20.4 Å². The molecule has 0 spiro atoms. The number of sulfone groups is 1. The summed E-state index contributed by atoms with van der Waals surface area (Å²) in [5.41, 5.74) is 1.82. The summed E-state index contributed by atoms with van der Waals surface area (Å²) in [6.07, 6.45) is 5.97. The fraction of sp³-hybridized carbons (Fsp3) is 0.562. The highest BCUT2D eigenvalue weighted by atomic mass is 32.2. The van der Waals surface area contributed by atoms with Crippen molar-refractivity contribution in [2.75, 3.05) is 52.1 Å². The minimum absolute atomic E-state index is 0.0173.